The van der Waals surface area contributed by atoms with Gasteiger partial charge in [0.25, 0.3) is 0 Å². The molecule has 0 radical (unpaired) electrons. The largest absolute Gasteiger partial charge is 0.370 e. The van der Waals surface area contributed by atoms with Crippen LogP contribution < -0.4 is 5.32 Å². The maximum atomic E-state index is 11.6. The number of morpholine rings is 1. The first-order valence-corrected chi connectivity index (χ1v) is 11.2. The third kappa shape index (κ3) is 6.05. The van der Waals surface area contributed by atoms with E-state index in [2.05, 4.69) is 34.3 Å². The molecule has 6 nitrogen and oxygen atoms in total. The van der Waals surface area contributed by atoms with E-state index in [1.807, 2.05) is 12.1 Å². The number of aryl methyl sites for hydroxylation is 1. The summed E-state index contributed by atoms with van der Waals surface area (Å²) in [5, 5.41) is 3.41. The van der Waals surface area contributed by atoms with Crippen LogP contribution in [0.3, 0.4) is 0 Å². The van der Waals surface area contributed by atoms with Crippen molar-refractivity contribution in [2.45, 2.75) is 25.9 Å². The molecule has 0 amide bonds. The van der Waals surface area contributed by atoms with E-state index in [1.165, 1.54) is 17.4 Å². The minimum Gasteiger partial charge on any atom is -0.370 e. The third-order valence-corrected chi connectivity index (χ3v) is 6.40. The van der Waals surface area contributed by atoms with E-state index in [1.54, 1.807) is 7.05 Å². The fourth-order valence-electron chi connectivity index (χ4n) is 3.68. The minimum absolute atomic E-state index is 0. The molecular weight excluding hydrogens is 477 g/mol. The van der Waals surface area contributed by atoms with Crippen molar-refractivity contribution in [3.05, 3.63) is 35.4 Å². The molecule has 3 rings (SSSR count). The second kappa shape index (κ2) is 9.09. The molecule has 0 spiro atoms. The van der Waals surface area contributed by atoms with Crippen LogP contribution in [0.15, 0.2) is 29.3 Å². The summed E-state index contributed by atoms with van der Waals surface area (Å²) in [6, 6.07) is 8.30. The van der Waals surface area contributed by atoms with E-state index in [9.17, 15) is 8.42 Å². The maximum absolute atomic E-state index is 11.6. The number of nitrogens with zero attached hydrogens (tertiary/aromatic N) is 2. The van der Waals surface area contributed by atoms with Crippen molar-refractivity contribution in [1.82, 2.24) is 10.2 Å². The van der Waals surface area contributed by atoms with Crippen LogP contribution in [0.1, 0.15) is 30.1 Å². The van der Waals surface area contributed by atoms with E-state index in [0.717, 1.165) is 31.9 Å². The lowest BCUT2D eigenvalue weighted by Gasteiger charge is -2.36. The average molecular weight is 507 g/mol. The Morgan fingerprint density at radius 3 is 2.67 bits per heavy atom. The number of guanidine groups is 1. The Bertz CT molecular complexity index is 778. The maximum Gasteiger partial charge on any atom is 0.193 e. The van der Waals surface area contributed by atoms with E-state index in [4.69, 9.17) is 4.74 Å². The Balaban J connectivity index is 0.00000261. The van der Waals surface area contributed by atoms with Crippen molar-refractivity contribution in [1.29, 1.82) is 0 Å². The molecule has 1 saturated carbocycles. The molecule has 1 aliphatic carbocycles. The first kappa shape index (κ1) is 22.4. The predicted molar refractivity (Wildman–Crippen MR) is 120 cm³/mol. The van der Waals surface area contributed by atoms with Gasteiger partial charge in [-0.1, -0.05) is 24.3 Å². The van der Waals surface area contributed by atoms with Crippen molar-refractivity contribution >= 4 is 39.8 Å². The number of sulfone groups is 1. The Morgan fingerprint density at radius 2 is 2.07 bits per heavy atom. The van der Waals surface area contributed by atoms with Gasteiger partial charge < -0.3 is 15.0 Å². The van der Waals surface area contributed by atoms with Crippen molar-refractivity contribution in [3.63, 3.8) is 0 Å². The highest BCUT2D eigenvalue weighted by molar-refractivity contribution is 14.0. The van der Waals surface area contributed by atoms with Crippen LogP contribution in [0.4, 0.5) is 0 Å². The van der Waals surface area contributed by atoms with Gasteiger partial charge in [-0.25, -0.2) is 8.42 Å². The normalized spacial score (nSPS) is 22.1. The second-order valence-electron chi connectivity index (χ2n) is 7.63. The Hall–Kier alpha value is -0.870. The topological polar surface area (TPSA) is 71.0 Å². The summed E-state index contributed by atoms with van der Waals surface area (Å²) >= 11 is 0. The van der Waals surface area contributed by atoms with Gasteiger partial charge in [-0.15, -0.1) is 24.0 Å². The molecule has 0 aromatic heterocycles. The molecule has 1 aromatic carbocycles. The molecule has 1 aromatic rings. The Labute approximate surface area is 179 Å². The molecule has 1 N–H and O–H groups in total. The van der Waals surface area contributed by atoms with Gasteiger partial charge in [0.05, 0.1) is 18.9 Å². The predicted octanol–water partition coefficient (Wildman–Crippen LogP) is 2.39. The number of aliphatic imine (C=N–C) groups is 1. The summed E-state index contributed by atoms with van der Waals surface area (Å²) in [6.07, 6.45) is 3.25. The van der Waals surface area contributed by atoms with Crippen LogP contribution >= 0.6 is 24.0 Å². The molecule has 0 bridgehead atoms. The van der Waals surface area contributed by atoms with E-state index in [0.29, 0.717) is 13.2 Å². The van der Waals surface area contributed by atoms with E-state index in [-0.39, 0.29) is 41.2 Å². The van der Waals surface area contributed by atoms with Gasteiger partial charge in [-0.2, -0.15) is 0 Å². The van der Waals surface area contributed by atoms with Gasteiger partial charge in [0.2, 0.25) is 0 Å². The van der Waals surface area contributed by atoms with Crippen molar-refractivity contribution in [2.75, 3.05) is 45.3 Å². The highest BCUT2D eigenvalue weighted by Gasteiger charge is 2.45. The molecule has 1 unspecified atom stereocenters. The van der Waals surface area contributed by atoms with Crippen LogP contribution in [-0.4, -0.2) is 64.6 Å². The molecule has 1 saturated heterocycles. The van der Waals surface area contributed by atoms with Gasteiger partial charge in [0.15, 0.2) is 5.96 Å². The zero-order chi connectivity index (χ0) is 18.8. The Kier molecular flexibility index (Phi) is 7.54. The molecular formula is C19H30IN3O3S. The average Bonchev–Trinajstić information content (AvgIpc) is 3.34. The molecule has 1 aliphatic heterocycles. The zero-order valence-corrected chi connectivity index (χ0v) is 19.4. The summed E-state index contributed by atoms with van der Waals surface area (Å²) in [5.74, 6) is 1.07. The molecule has 2 fully saturated rings. The Morgan fingerprint density at radius 1 is 1.37 bits per heavy atom. The third-order valence-electron chi connectivity index (χ3n) is 5.26. The van der Waals surface area contributed by atoms with Crippen molar-refractivity contribution < 1.29 is 13.2 Å². The first-order valence-electron chi connectivity index (χ1n) is 9.12. The summed E-state index contributed by atoms with van der Waals surface area (Å²) in [5.41, 5.74) is 2.32. The molecule has 2 aliphatic rings. The quantitative estimate of drug-likeness (QED) is 0.377. The van der Waals surface area contributed by atoms with Gasteiger partial charge >= 0.3 is 0 Å². The fourth-order valence-corrected chi connectivity index (χ4v) is 5.18. The van der Waals surface area contributed by atoms with Crippen LogP contribution in [0, 0.1) is 12.3 Å². The number of halogens is 1. The minimum atomic E-state index is -2.96. The van der Waals surface area contributed by atoms with Gasteiger partial charge in [0.1, 0.15) is 15.9 Å². The second-order valence-corrected chi connectivity index (χ2v) is 9.77. The van der Waals surface area contributed by atoms with Crippen molar-refractivity contribution in [2.24, 2.45) is 10.4 Å². The van der Waals surface area contributed by atoms with Gasteiger partial charge in [0, 0.05) is 31.8 Å². The van der Waals surface area contributed by atoms with Crippen LogP contribution in [0.25, 0.3) is 0 Å². The van der Waals surface area contributed by atoms with E-state index >= 15 is 0 Å². The fraction of sp³-hybridized carbons (Fsp3) is 0.632. The highest BCUT2D eigenvalue weighted by Crippen LogP contribution is 2.46. The number of benzene rings is 1. The molecule has 1 heterocycles. The van der Waals surface area contributed by atoms with Crippen molar-refractivity contribution in [3.8, 4) is 0 Å². The number of hydrogen-bond donors (Lipinski definition) is 1. The lowest BCUT2D eigenvalue weighted by Crippen LogP contribution is -2.49. The van der Waals surface area contributed by atoms with Gasteiger partial charge in [-0.05, 0) is 30.9 Å². The number of rotatable bonds is 5. The number of nitrogens with one attached hydrogen (secondary N) is 1. The molecule has 152 valence electrons. The summed E-state index contributed by atoms with van der Waals surface area (Å²) < 4.78 is 29.3. The molecule has 27 heavy (non-hydrogen) atoms. The lowest BCUT2D eigenvalue weighted by atomic mass is 10.0. The summed E-state index contributed by atoms with van der Waals surface area (Å²) in [4.78, 5) is 6.62. The van der Waals surface area contributed by atoms with Gasteiger partial charge in [-0.3, -0.25) is 4.99 Å². The molecule has 8 heteroatoms. The monoisotopic (exact) mass is 507 g/mol. The SMILES string of the molecule is CN=C(NCC1(CS(C)(=O)=O)CC1)N1CCOC(c2ccccc2C)C1.I. The zero-order valence-electron chi connectivity index (χ0n) is 16.3. The highest BCUT2D eigenvalue weighted by atomic mass is 127. The number of hydrogen-bond acceptors (Lipinski definition) is 4. The first-order chi connectivity index (χ1) is 12.3. The lowest BCUT2D eigenvalue weighted by molar-refractivity contribution is -0.00837. The summed E-state index contributed by atoms with van der Waals surface area (Å²) in [6.45, 7) is 4.92. The van der Waals surface area contributed by atoms with Crippen LogP contribution in [0.5, 0.6) is 0 Å². The van der Waals surface area contributed by atoms with Crippen LogP contribution in [-0.2, 0) is 14.6 Å². The summed E-state index contributed by atoms with van der Waals surface area (Å²) in [7, 11) is -1.19. The number of ether oxygens (including phenoxy) is 1. The molecule has 1 atom stereocenters. The van der Waals surface area contributed by atoms with E-state index < -0.39 is 9.84 Å². The van der Waals surface area contributed by atoms with Crippen LogP contribution in [0.2, 0.25) is 0 Å². The smallest absolute Gasteiger partial charge is 0.193 e. The standard InChI is InChI=1S/C19H29N3O3S.HI/c1-15-6-4-5-7-16(15)17-12-22(10-11-25-17)18(20-2)21-13-19(8-9-19)14-26(3,23)24;/h4-7,17H,8-14H2,1-3H3,(H,20,21);1H.